The van der Waals surface area contributed by atoms with Crippen molar-refractivity contribution in [1.82, 2.24) is 4.90 Å². The molecule has 1 saturated carbocycles. The number of nitrogens with zero attached hydrogens (tertiary/aromatic N) is 1. The normalized spacial score (nSPS) is 19.3. The predicted octanol–water partition coefficient (Wildman–Crippen LogP) is 5.31. The van der Waals surface area contributed by atoms with Crippen molar-refractivity contribution in [2.45, 2.75) is 82.8 Å². The molecule has 1 aliphatic carbocycles. The maximum Gasteiger partial charge on any atom is 0.406 e. The van der Waals surface area contributed by atoms with Gasteiger partial charge in [0.2, 0.25) is 0 Å². The van der Waals surface area contributed by atoms with Gasteiger partial charge in [0, 0.05) is 24.8 Å². The first-order valence-electron chi connectivity index (χ1n) is 13.3. The van der Waals surface area contributed by atoms with Crippen LogP contribution in [0.2, 0.25) is 6.82 Å². The van der Waals surface area contributed by atoms with Crippen molar-refractivity contribution in [3.8, 4) is 0 Å². The Morgan fingerprint density at radius 2 is 1.57 bits per heavy atom. The second-order valence-corrected chi connectivity index (χ2v) is 10.1. The largest absolute Gasteiger partial charge is 0.459 e. The number of hydrogen-bond donors (Lipinski definition) is 3. The van der Waals surface area contributed by atoms with E-state index in [0.717, 1.165) is 68.6 Å². The molecule has 3 N–H and O–H groups in total. The van der Waals surface area contributed by atoms with Crippen LogP contribution in [0.1, 0.15) is 63.4 Å². The Bertz CT molecular complexity index is 924. The van der Waals surface area contributed by atoms with Crippen molar-refractivity contribution in [1.29, 1.82) is 0 Å². The molecule has 2 aliphatic rings. The van der Waals surface area contributed by atoms with Gasteiger partial charge in [-0.1, -0.05) is 74.6 Å². The molecule has 0 spiro atoms. The highest BCUT2D eigenvalue weighted by Gasteiger charge is 2.46. The number of hydrogen-bond acceptors (Lipinski definition) is 6. The number of para-hydroxylation sites is 2. The van der Waals surface area contributed by atoms with Crippen LogP contribution >= 0.6 is 0 Å². The van der Waals surface area contributed by atoms with Gasteiger partial charge in [0.05, 0.1) is 5.69 Å². The molecule has 6 nitrogen and oxygen atoms in total. The second-order valence-electron chi connectivity index (χ2n) is 10.1. The molecule has 0 atom stereocenters. The minimum absolute atomic E-state index is 0.0406. The van der Waals surface area contributed by atoms with Gasteiger partial charge < -0.3 is 20.3 Å². The highest BCUT2D eigenvalue weighted by Crippen LogP contribution is 2.36. The minimum Gasteiger partial charge on any atom is -0.459 e. The van der Waals surface area contributed by atoms with E-state index < -0.39 is 12.6 Å². The van der Waals surface area contributed by atoms with Gasteiger partial charge in [0.1, 0.15) is 12.1 Å². The maximum absolute atomic E-state index is 13.7. The molecule has 0 bridgehead atoms. The number of ether oxygens (including phenoxy) is 1. The molecule has 0 amide bonds. The average Bonchev–Trinajstić information content (AvgIpc) is 2.85. The lowest BCUT2D eigenvalue weighted by molar-refractivity contribution is -0.163. The summed E-state index contributed by atoms with van der Waals surface area (Å²) in [6.07, 6.45) is 9.53. The fourth-order valence-corrected chi connectivity index (χ4v) is 5.63. The number of likely N-dealkylation sites (tertiary alicyclic amines) is 1. The van der Waals surface area contributed by atoms with E-state index in [4.69, 9.17) is 4.74 Å². The van der Waals surface area contributed by atoms with Crippen molar-refractivity contribution >= 4 is 24.4 Å². The first kappa shape index (κ1) is 25.6. The molecule has 1 saturated heterocycles. The van der Waals surface area contributed by atoms with Gasteiger partial charge >= 0.3 is 13.0 Å². The molecule has 35 heavy (non-hydrogen) atoms. The Balaban J connectivity index is 1.42. The second kappa shape index (κ2) is 12.5. The number of benzene rings is 2. The number of rotatable bonds is 8. The highest BCUT2D eigenvalue weighted by atomic mass is 16.5. The maximum atomic E-state index is 13.7. The Kier molecular flexibility index (Phi) is 9.10. The zero-order valence-corrected chi connectivity index (χ0v) is 21.0. The van der Waals surface area contributed by atoms with Gasteiger partial charge in [-0.25, -0.2) is 0 Å². The molecule has 1 heterocycles. The van der Waals surface area contributed by atoms with Gasteiger partial charge in [-0.2, -0.15) is 0 Å². The van der Waals surface area contributed by atoms with Gasteiger partial charge in [-0.05, 0) is 50.2 Å². The van der Waals surface area contributed by atoms with Crippen molar-refractivity contribution in [2.75, 3.05) is 23.6 Å². The van der Waals surface area contributed by atoms with Crippen molar-refractivity contribution in [3.63, 3.8) is 0 Å². The van der Waals surface area contributed by atoms with Crippen LogP contribution in [-0.2, 0) is 16.1 Å². The molecular formula is C28H40BN3O3. The van der Waals surface area contributed by atoms with Crippen LogP contribution in [0.15, 0.2) is 54.6 Å². The molecule has 1 aliphatic heterocycles. The third-order valence-corrected chi connectivity index (χ3v) is 7.52. The highest BCUT2D eigenvalue weighted by molar-refractivity contribution is 6.53. The molecule has 0 aromatic heterocycles. The number of carbonyl (C=O) groups is 1. The zero-order chi connectivity index (χ0) is 24.5. The molecular weight excluding hydrogens is 437 g/mol. The van der Waals surface area contributed by atoms with E-state index in [0.29, 0.717) is 12.6 Å². The number of carbonyl (C=O) groups excluding carboxylic acids is 1. The summed E-state index contributed by atoms with van der Waals surface area (Å²) in [5.41, 5.74) is 2.45. The SMILES string of the molecule is CB(O)Nc1ccccc1NC1CCN(C2(C(=O)OCc3ccccc3)CCCCCCC2)CC1. The first-order chi connectivity index (χ1) is 17.1. The number of nitrogens with one attached hydrogen (secondary N) is 2. The minimum atomic E-state index is -0.610. The molecule has 7 heteroatoms. The molecule has 2 aromatic carbocycles. The van der Waals surface area contributed by atoms with Crippen molar-refractivity contribution in [3.05, 3.63) is 60.2 Å². The summed E-state index contributed by atoms with van der Waals surface area (Å²) < 4.78 is 5.97. The topological polar surface area (TPSA) is 73.8 Å². The summed E-state index contributed by atoms with van der Waals surface area (Å²) in [5, 5.41) is 16.5. The molecule has 4 rings (SSSR count). The average molecular weight is 477 g/mol. The van der Waals surface area contributed by atoms with Gasteiger partial charge in [-0.3, -0.25) is 9.69 Å². The quantitative estimate of drug-likeness (QED) is 0.354. The van der Waals surface area contributed by atoms with Crippen molar-refractivity contribution < 1.29 is 14.6 Å². The number of esters is 1. The molecule has 188 valence electrons. The van der Waals surface area contributed by atoms with Gasteiger partial charge in [0.25, 0.3) is 0 Å². The molecule has 0 radical (unpaired) electrons. The van der Waals surface area contributed by atoms with Crippen LogP contribution in [-0.4, -0.2) is 47.6 Å². The summed E-state index contributed by atoms with van der Waals surface area (Å²) >= 11 is 0. The Morgan fingerprint density at radius 3 is 2.23 bits per heavy atom. The Morgan fingerprint density at radius 1 is 0.971 bits per heavy atom. The third kappa shape index (κ3) is 6.80. The Hall–Kier alpha value is -2.51. The van der Waals surface area contributed by atoms with Crippen LogP contribution in [0.25, 0.3) is 0 Å². The molecule has 2 aromatic rings. The fourth-order valence-electron chi connectivity index (χ4n) is 5.63. The van der Waals surface area contributed by atoms with Crippen LogP contribution in [0.3, 0.4) is 0 Å². The zero-order valence-electron chi connectivity index (χ0n) is 21.0. The van der Waals surface area contributed by atoms with Crippen molar-refractivity contribution in [2.24, 2.45) is 0 Å². The molecule has 0 unspecified atom stereocenters. The van der Waals surface area contributed by atoms with E-state index in [2.05, 4.69) is 15.4 Å². The lowest BCUT2D eigenvalue weighted by Gasteiger charge is -2.46. The summed E-state index contributed by atoms with van der Waals surface area (Å²) in [6.45, 7) is 3.82. The fraction of sp³-hybridized carbons (Fsp3) is 0.536. The van der Waals surface area contributed by atoms with E-state index >= 15 is 0 Å². The van der Waals surface area contributed by atoms with E-state index in [1.807, 2.05) is 54.6 Å². The summed E-state index contributed by atoms with van der Waals surface area (Å²) in [7, 11) is -0.610. The molecule has 2 fully saturated rings. The standard InChI is InChI=1S/C28H40BN3O3/c1-29(34)31-26-15-9-8-14-25(26)30-24-16-20-32(21-17-24)28(18-10-3-2-4-11-19-28)27(33)35-22-23-12-6-5-7-13-23/h5-9,12-15,24,30-31,34H,2-4,10-11,16-22H2,1H3. The predicted molar refractivity (Wildman–Crippen MR) is 143 cm³/mol. The van der Waals surface area contributed by atoms with Gasteiger partial charge in [-0.15, -0.1) is 0 Å². The van der Waals surface area contributed by atoms with E-state index in [1.165, 1.54) is 19.3 Å². The lowest BCUT2D eigenvalue weighted by Crippen LogP contribution is -2.58. The van der Waals surface area contributed by atoms with E-state index in [-0.39, 0.29) is 5.97 Å². The first-order valence-corrected chi connectivity index (χ1v) is 13.3. The van der Waals surface area contributed by atoms with Crippen LogP contribution < -0.4 is 10.5 Å². The Labute approximate surface area is 210 Å². The van der Waals surface area contributed by atoms with Crippen LogP contribution in [0.4, 0.5) is 11.4 Å². The monoisotopic (exact) mass is 477 g/mol. The lowest BCUT2D eigenvalue weighted by atomic mass is 9.81. The summed E-state index contributed by atoms with van der Waals surface area (Å²) in [5.74, 6) is -0.0406. The van der Waals surface area contributed by atoms with Crippen LogP contribution in [0.5, 0.6) is 0 Å². The summed E-state index contributed by atoms with van der Waals surface area (Å²) in [4.78, 5) is 16.1. The number of anilines is 2. The third-order valence-electron chi connectivity index (χ3n) is 7.52. The van der Waals surface area contributed by atoms with Gasteiger partial charge in [0.15, 0.2) is 0 Å². The smallest absolute Gasteiger partial charge is 0.406 e. The number of piperidine rings is 1. The van der Waals surface area contributed by atoms with Crippen LogP contribution in [0, 0.1) is 0 Å². The van der Waals surface area contributed by atoms with E-state index in [1.54, 1.807) is 6.82 Å². The van der Waals surface area contributed by atoms with E-state index in [9.17, 15) is 9.82 Å². The summed E-state index contributed by atoms with van der Waals surface area (Å²) in [6, 6.07) is 18.3.